The molecule has 0 aliphatic heterocycles. The molecule has 2 N–H and O–H groups in total. The van der Waals surface area contributed by atoms with E-state index in [1.54, 1.807) is 13.1 Å². The van der Waals surface area contributed by atoms with Crippen LogP contribution in [0, 0.1) is 6.92 Å². The van der Waals surface area contributed by atoms with E-state index < -0.39 is 0 Å². The summed E-state index contributed by atoms with van der Waals surface area (Å²) >= 11 is 0. The zero-order valence-electron chi connectivity index (χ0n) is 10.9. The minimum atomic E-state index is 0. The lowest BCUT2D eigenvalue weighted by Gasteiger charge is -2.10. The Balaban J connectivity index is 0.00000289. The molecule has 0 saturated heterocycles. The Hall–Kier alpha value is -1.11. The molecular formula is C13H21IN4. The Morgan fingerprint density at radius 2 is 2.22 bits per heavy atom. The molecule has 5 heteroatoms. The van der Waals surface area contributed by atoms with Gasteiger partial charge in [0.1, 0.15) is 0 Å². The number of aliphatic imine (C=N–C) groups is 1. The summed E-state index contributed by atoms with van der Waals surface area (Å²) in [4.78, 5) is 8.36. The lowest BCUT2D eigenvalue weighted by atomic mass is 10.2. The standard InChI is InChI=1S/C13H20N4.HI/c1-4-8-15-13(14-3)16-9-7-12-6-5-11(2)17-10-12;/h4-6,10H,1,7-9H2,2-3H3,(H2,14,15,16);1H. The number of hydrogen-bond acceptors (Lipinski definition) is 2. The highest BCUT2D eigenvalue weighted by molar-refractivity contribution is 14.0. The quantitative estimate of drug-likeness (QED) is 0.365. The second-order valence-corrected chi connectivity index (χ2v) is 3.73. The van der Waals surface area contributed by atoms with Crippen LogP contribution in [-0.4, -0.2) is 31.1 Å². The molecule has 0 spiro atoms. The van der Waals surface area contributed by atoms with E-state index in [4.69, 9.17) is 0 Å². The molecule has 100 valence electrons. The van der Waals surface area contributed by atoms with Crippen molar-refractivity contribution >= 4 is 29.9 Å². The van der Waals surface area contributed by atoms with Crippen LogP contribution in [-0.2, 0) is 6.42 Å². The van der Waals surface area contributed by atoms with Gasteiger partial charge in [0.2, 0.25) is 0 Å². The maximum Gasteiger partial charge on any atom is 0.191 e. The summed E-state index contributed by atoms with van der Waals surface area (Å²) in [6, 6.07) is 4.13. The zero-order chi connectivity index (χ0) is 12.5. The summed E-state index contributed by atoms with van der Waals surface area (Å²) < 4.78 is 0. The largest absolute Gasteiger partial charge is 0.356 e. The highest BCUT2D eigenvalue weighted by atomic mass is 127. The molecule has 0 aromatic carbocycles. The maximum absolute atomic E-state index is 4.26. The first-order valence-corrected chi connectivity index (χ1v) is 5.73. The third-order valence-corrected chi connectivity index (χ3v) is 2.32. The van der Waals surface area contributed by atoms with Crippen LogP contribution in [0.1, 0.15) is 11.3 Å². The molecule has 0 amide bonds. The van der Waals surface area contributed by atoms with Gasteiger partial charge in [-0.1, -0.05) is 12.1 Å². The molecule has 0 saturated carbocycles. The first-order valence-electron chi connectivity index (χ1n) is 5.73. The number of aryl methyl sites for hydroxylation is 1. The zero-order valence-corrected chi connectivity index (χ0v) is 13.3. The van der Waals surface area contributed by atoms with Gasteiger partial charge in [-0.2, -0.15) is 0 Å². The van der Waals surface area contributed by atoms with Crippen LogP contribution in [0.4, 0.5) is 0 Å². The van der Waals surface area contributed by atoms with E-state index in [1.807, 2.05) is 19.2 Å². The van der Waals surface area contributed by atoms with Crippen molar-refractivity contribution in [3.05, 3.63) is 42.2 Å². The number of aromatic nitrogens is 1. The summed E-state index contributed by atoms with van der Waals surface area (Å²) in [6.07, 6.45) is 4.65. The maximum atomic E-state index is 4.26. The van der Waals surface area contributed by atoms with E-state index >= 15 is 0 Å². The molecular weight excluding hydrogens is 339 g/mol. The van der Waals surface area contributed by atoms with Crippen LogP contribution in [0.25, 0.3) is 0 Å². The van der Waals surface area contributed by atoms with E-state index in [2.05, 4.69) is 33.3 Å². The Labute approximate surface area is 126 Å². The van der Waals surface area contributed by atoms with E-state index in [9.17, 15) is 0 Å². The van der Waals surface area contributed by atoms with Crippen molar-refractivity contribution in [3.63, 3.8) is 0 Å². The topological polar surface area (TPSA) is 49.3 Å². The molecule has 0 radical (unpaired) electrons. The van der Waals surface area contributed by atoms with Gasteiger partial charge in [0.15, 0.2) is 5.96 Å². The fourth-order valence-corrected chi connectivity index (χ4v) is 1.36. The highest BCUT2D eigenvalue weighted by Crippen LogP contribution is 1.99. The van der Waals surface area contributed by atoms with Crippen molar-refractivity contribution < 1.29 is 0 Å². The fourth-order valence-electron chi connectivity index (χ4n) is 1.36. The molecule has 0 bridgehead atoms. The first kappa shape index (κ1) is 16.9. The molecule has 0 atom stereocenters. The van der Waals surface area contributed by atoms with Gasteiger partial charge in [-0.3, -0.25) is 9.98 Å². The molecule has 1 rings (SSSR count). The van der Waals surface area contributed by atoms with Crippen LogP contribution < -0.4 is 10.6 Å². The van der Waals surface area contributed by atoms with Crippen molar-refractivity contribution in [1.29, 1.82) is 0 Å². The van der Waals surface area contributed by atoms with Crippen molar-refractivity contribution in [2.24, 2.45) is 4.99 Å². The number of halogens is 1. The Morgan fingerprint density at radius 3 is 2.78 bits per heavy atom. The van der Waals surface area contributed by atoms with Crippen LogP contribution >= 0.6 is 24.0 Å². The summed E-state index contributed by atoms with van der Waals surface area (Å²) in [6.45, 7) is 7.19. The average molecular weight is 360 g/mol. The van der Waals surface area contributed by atoms with Crippen LogP contribution in [0.5, 0.6) is 0 Å². The molecule has 0 fully saturated rings. The lowest BCUT2D eigenvalue weighted by Crippen LogP contribution is -2.38. The van der Waals surface area contributed by atoms with Gasteiger partial charge in [-0.25, -0.2) is 0 Å². The van der Waals surface area contributed by atoms with Gasteiger partial charge < -0.3 is 10.6 Å². The number of pyridine rings is 1. The van der Waals surface area contributed by atoms with Gasteiger partial charge in [0, 0.05) is 32.0 Å². The van der Waals surface area contributed by atoms with Gasteiger partial charge in [0.25, 0.3) is 0 Å². The predicted octanol–water partition coefficient (Wildman–Crippen LogP) is 1.90. The summed E-state index contributed by atoms with van der Waals surface area (Å²) in [5.74, 6) is 0.796. The monoisotopic (exact) mass is 360 g/mol. The molecule has 18 heavy (non-hydrogen) atoms. The third kappa shape index (κ3) is 6.58. The molecule has 4 nitrogen and oxygen atoms in total. The molecule has 0 aliphatic rings. The molecule has 1 aromatic rings. The van der Waals surface area contributed by atoms with E-state index in [-0.39, 0.29) is 24.0 Å². The second-order valence-electron chi connectivity index (χ2n) is 3.73. The minimum Gasteiger partial charge on any atom is -0.356 e. The number of nitrogens with zero attached hydrogens (tertiary/aromatic N) is 2. The number of hydrogen-bond donors (Lipinski definition) is 2. The Morgan fingerprint density at radius 1 is 1.44 bits per heavy atom. The van der Waals surface area contributed by atoms with Crippen molar-refractivity contribution in [2.75, 3.05) is 20.1 Å². The van der Waals surface area contributed by atoms with E-state index in [0.717, 1.165) is 24.6 Å². The highest BCUT2D eigenvalue weighted by Gasteiger charge is 1.96. The van der Waals surface area contributed by atoms with Crippen molar-refractivity contribution in [3.8, 4) is 0 Å². The van der Waals surface area contributed by atoms with Crippen LogP contribution in [0.15, 0.2) is 36.0 Å². The van der Waals surface area contributed by atoms with Crippen LogP contribution in [0.3, 0.4) is 0 Å². The number of guanidine groups is 1. The summed E-state index contributed by atoms with van der Waals surface area (Å²) in [5.41, 5.74) is 2.27. The third-order valence-electron chi connectivity index (χ3n) is 2.32. The van der Waals surface area contributed by atoms with Crippen molar-refractivity contribution in [1.82, 2.24) is 15.6 Å². The lowest BCUT2D eigenvalue weighted by molar-refractivity contribution is 0.818. The van der Waals surface area contributed by atoms with E-state index in [1.165, 1.54) is 5.56 Å². The number of rotatable bonds is 5. The van der Waals surface area contributed by atoms with E-state index in [0.29, 0.717) is 6.54 Å². The molecule has 1 aromatic heterocycles. The normalized spacial score (nSPS) is 10.4. The van der Waals surface area contributed by atoms with Crippen molar-refractivity contribution in [2.45, 2.75) is 13.3 Å². The van der Waals surface area contributed by atoms with Gasteiger partial charge in [-0.05, 0) is 25.0 Å². The SMILES string of the molecule is C=CCNC(=NC)NCCc1ccc(C)nc1.I. The molecule has 1 heterocycles. The second kappa shape index (κ2) is 9.87. The number of nitrogens with one attached hydrogen (secondary N) is 2. The summed E-state index contributed by atoms with van der Waals surface area (Å²) in [7, 11) is 1.76. The van der Waals surface area contributed by atoms with Gasteiger partial charge in [0.05, 0.1) is 0 Å². The molecule has 0 unspecified atom stereocenters. The minimum absolute atomic E-state index is 0. The summed E-state index contributed by atoms with van der Waals surface area (Å²) in [5, 5.41) is 6.35. The Bertz CT molecular complexity index is 373. The van der Waals surface area contributed by atoms with Gasteiger partial charge >= 0.3 is 0 Å². The smallest absolute Gasteiger partial charge is 0.191 e. The average Bonchev–Trinajstić information content (AvgIpc) is 2.36. The molecule has 0 aliphatic carbocycles. The first-order chi connectivity index (χ1) is 8.26. The van der Waals surface area contributed by atoms with Gasteiger partial charge in [-0.15, -0.1) is 30.6 Å². The Kier molecular flexibility index (Phi) is 9.26. The fraction of sp³-hybridized carbons (Fsp3) is 0.385. The van der Waals surface area contributed by atoms with Crippen LogP contribution in [0.2, 0.25) is 0 Å². The predicted molar refractivity (Wildman–Crippen MR) is 87.7 cm³/mol.